The summed E-state index contributed by atoms with van der Waals surface area (Å²) in [5, 5.41) is 1.86. The molecular weight excluding hydrogens is 432 g/mol. The first-order valence-electron chi connectivity index (χ1n) is 11.1. The van der Waals surface area contributed by atoms with Gasteiger partial charge in [0.15, 0.2) is 5.78 Å². The van der Waals surface area contributed by atoms with Gasteiger partial charge in [0, 0.05) is 6.20 Å². The second kappa shape index (κ2) is 7.52. The third-order valence-corrected chi connectivity index (χ3v) is 8.08. The maximum atomic E-state index is 13.9. The third-order valence-electron chi connectivity index (χ3n) is 7.20. The van der Waals surface area contributed by atoms with Gasteiger partial charge in [0.2, 0.25) is 11.8 Å². The number of thiophene rings is 1. The van der Waals surface area contributed by atoms with Crippen LogP contribution < -0.4 is 0 Å². The smallest absolute Gasteiger partial charge is 0.236 e. The molecule has 5 atom stereocenters. The molecule has 0 saturated carbocycles. The molecule has 0 unspecified atom stereocenters. The molecule has 0 aliphatic carbocycles. The maximum Gasteiger partial charge on any atom is 0.236 e. The molecular formula is C27H22N2O3S. The lowest BCUT2D eigenvalue weighted by atomic mass is 9.84. The number of hydrogen-bond acceptors (Lipinski definition) is 5. The van der Waals surface area contributed by atoms with Gasteiger partial charge in [-0.15, -0.1) is 11.3 Å². The highest BCUT2D eigenvalue weighted by Crippen LogP contribution is 2.54. The highest BCUT2D eigenvalue weighted by atomic mass is 32.1. The first-order chi connectivity index (χ1) is 16.1. The molecule has 0 spiro atoms. The summed E-state index contributed by atoms with van der Waals surface area (Å²) in [5.74, 6) is -1.84. The van der Waals surface area contributed by atoms with Crippen LogP contribution in [0.3, 0.4) is 0 Å². The van der Waals surface area contributed by atoms with Crippen LogP contribution in [-0.2, 0) is 9.59 Å². The third kappa shape index (κ3) is 2.87. The molecule has 0 N–H and O–H groups in total. The highest BCUT2D eigenvalue weighted by molar-refractivity contribution is 7.12. The number of ketones is 1. The minimum atomic E-state index is -0.709. The SMILES string of the molecule is C[C@H](c1ccccc1)N1C(=O)[C@@H]2[C@@H](C1=O)[C@@H]1c3ccccc3C=CN1[C@@H]2C(=O)c1cccs1. The Morgan fingerprint density at radius 3 is 2.39 bits per heavy atom. The van der Waals surface area contributed by atoms with Gasteiger partial charge in [0.1, 0.15) is 6.04 Å². The summed E-state index contributed by atoms with van der Waals surface area (Å²) in [4.78, 5) is 45.4. The van der Waals surface area contributed by atoms with E-state index in [4.69, 9.17) is 0 Å². The molecule has 164 valence electrons. The van der Waals surface area contributed by atoms with Crippen molar-refractivity contribution in [2.75, 3.05) is 0 Å². The summed E-state index contributed by atoms with van der Waals surface area (Å²) < 4.78 is 0. The van der Waals surface area contributed by atoms with E-state index in [2.05, 4.69) is 0 Å². The van der Waals surface area contributed by atoms with Gasteiger partial charge in [-0.1, -0.05) is 60.7 Å². The van der Waals surface area contributed by atoms with E-state index < -0.39 is 23.9 Å². The number of carbonyl (C=O) groups is 3. The summed E-state index contributed by atoms with van der Waals surface area (Å²) in [6.07, 6.45) is 3.87. The van der Waals surface area contributed by atoms with Crippen LogP contribution in [0.2, 0.25) is 0 Å². The molecule has 33 heavy (non-hydrogen) atoms. The number of benzene rings is 2. The zero-order valence-electron chi connectivity index (χ0n) is 18.0. The summed E-state index contributed by atoms with van der Waals surface area (Å²) in [5.41, 5.74) is 2.92. The van der Waals surface area contributed by atoms with Crippen molar-refractivity contribution in [3.8, 4) is 0 Å². The quantitative estimate of drug-likeness (QED) is 0.423. The molecule has 0 bridgehead atoms. The van der Waals surface area contributed by atoms with Crippen LogP contribution in [0.5, 0.6) is 0 Å². The topological polar surface area (TPSA) is 57.7 Å². The minimum absolute atomic E-state index is 0.0955. The molecule has 1 aromatic heterocycles. The number of Topliss-reactive ketones (excluding diaryl/α,β-unsaturated/α-hetero) is 1. The fraction of sp³-hybridized carbons (Fsp3) is 0.222. The average Bonchev–Trinajstić information content (AvgIpc) is 3.55. The van der Waals surface area contributed by atoms with Crippen molar-refractivity contribution in [2.45, 2.75) is 25.0 Å². The normalized spacial score (nSPS) is 26.2. The first kappa shape index (κ1) is 20.1. The Morgan fingerprint density at radius 1 is 0.909 bits per heavy atom. The molecule has 2 fully saturated rings. The second-order valence-electron chi connectivity index (χ2n) is 8.81. The molecule has 3 aliphatic rings. The first-order valence-corrected chi connectivity index (χ1v) is 12.0. The molecule has 0 radical (unpaired) electrons. The predicted molar refractivity (Wildman–Crippen MR) is 126 cm³/mol. The lowest BCUT2D eigenvalue weighted by Gasteiger charge is -2.36. The Labute approximate surface area is 195 Å². The van der Waals surface area contributed by atoms with E-state index >= 15 is 0 Å². The molecule has 4 heterocycles. The van der Waals surface area contributed by atoms with Crippen LogP contribution in [0.15, 0.2) is 78.3 Å². The molecule has 3 aromatic rings. The van der Waals surface area contributed by atoms with Crippen molar-refractivity contribution >= 4 is 35.0 Å². The van der Waals surface area contributed by atoms with Gasteiger partial charge < -0.3 is 4.90 Å². The van der Waals surface area contributed by atoms with E-state index in [-0.39, 0.29) is 23.6 Å². The van der Waals surface area contributed by atoms with Crippen LogP contribution in [0.4, 0.5) is 0 Å². The Bertz CT molecular complexity index is 1280. The Hall–Kier alpha value is -3.51. The Balaban J connectivity index is 1.48. The van der Waals surface area contributed by atoms with E-state index in [9.17, 15) is 14.4 Å². The maximum absolute atomic E-state index is 13.9. The molecule has 6 heteroatoms. The van der Waals surface area contributed by atoms with E-state index in [0.29, 0.717) is 4.88 Å². The zero-order valence-corrected chi connectivity index (χ0v) is 18.8. The van der Waals surface area contributed by atoms with Crippen LogP contribution >= 0.6 is 11.3 Å². The van der Waals surface area contributed by atoms with Gasteiger partial charge in [-0.3, -0.25) is 19.3 Å². The van der Waals surface area contributed by atoms with Crippen molar-refractivity contribution in [2.24, 2.45) is 11.8 Å². The molecule has 3 aliphatic heterocycles. The van der Waals surface area contributed by atoms with Gasteiger partial charge in [-0.05, 0) is 41.1 Å². The number of rotatable bonds is 4. The molecule has 2 aromatic carbocycles. The number of imide groups is 1. The van der Waals surface area contributed by atoms with Gasteiger partial charge in [0.05, 0.1) is 28.8 Å². The summed E-state index contributed by atoms with van der Waals surface area (Å²) in [6, 6.07) is 19.7. The second-order valence-corrected chi connectivity index (χ2v) is 9.76. The van der Waals surface area contributed by atoms with E-state index in [1.165, 1.54) is 16.2 Å². The number of nitrogens with zero attached hydrogens (tertiary/aromatic N) is 2. The monoisotopic (exact) mass is 454 g/mol. The van der Waals surface area contributed by atoms with Crippen molar-refractivity contribution in [1.82, 2.24) is 9.80 Å². The van der Waals surface area contributed by atoms with Crippen LogP contribution in [-0.4, -0.2) is 33.4 Å². The van der Waals surface area contributed by atoms with Crippen molar-refractivity contribution < 1.29 is 14.4 Å². The van der Waals surface area contributed by atoms with E-state index in [1.807, 2.05) is 90.1 Å². The summed E-state index contributed by atoms with van der Waals surface area (Å²) in [7, 11) is 0. The van der Waals surface area contributed by atoms with Gasteiger partial charge in [0.25, 0.3) is 0 Å². The zero-order chi connectivity index (χ0) is 22.7. The number of likely N-dealkylation sites (tertiary alicyclic amines) is 1. The number of hydrogen-bond donors (Lipinski definition) is 0. The van der Waals surface area contributed by atoms with E-state index in [1.54, 1.807) is 6.07 Å². The van der Waals surface area contributed by atoms with Gasteiger partial charge >= 0.3 is 0 Å². The van der Waals surface area contributed by atoms with Gasteiger partial charge in [-0.25, -0.2) is 0 Å². The molecule has 2 saturated heterocycles. The lowest BCUT2D eigenvalue weighted by molar-refractivity contribution is -0.143. The van der Waals surface area contributed by atoms with Crippen LogP contribution in [0.1, 0.15) is 45.4 Å². The molecule has 2 amide bonds. The lowest BCUT2D eigenvalue weighted by Crippen LogP contribution is -2.44. The fourth-order valence-corrected chi connectivity index (χ4v) is 6.40. The summed E-state index contributed by atoms with van der Waals surface area (Å²) >= 11 is 1.37. The number of amides is 2. The minimum Gasteiger partial charge on any atom is -0.358 e. The fourth-order valence-electron chi connectivity index (χ4n) is 5.71. The average molecular weight is 455 g/mol. The Morgan fingerprint density at radius 2 is 1.64 bits per heavy atom. The standard InChI is InChI=1S/C27H22N2O3S/c1-16(17-8-3-2-4-9-17)29-26(31)21-22(27(29)32)24(25(30)20-12-7-15-33-20)28-14-13-18-10-5-6-11-19(18)23(21)28/h2-16,21-24H,1H3/t16-,21-,22-,23+,24+/m1/s1. The van der Waals surface area contributed by atoms with Crippen LogP contribution in [0, 0.1) is 11.8 Å². The van der Waals surface area contributed by atoms with Crippen molar-refractivity contribution in [1.29, 1.82) is 0 Å². The Kier molecular flexibility index (Phi) is 4.59. The largest absolute Gasteiger partial charge is 0.358 e. The van der Waals surface area contributed by atoms with E-state index in [0.717, 1.165) is 16.7 Å². The predicted octanol–water partition coefficient (Wildman–Crippen LogP) is 4.70. The molecule has 5 nitrogen and oxygen atoms in total. The highest BCUT2D eigenvalue weighted by Gasteiger charge is 2.64. The molecule has 6 rings (SSSR count). The van der Waals surface area contributed by atoms with Crippen molar-refractivity contribution in [3.05, 3.63) is 99.9 Å². The number of carbonyl (C=O) groups excluding carboxylic acids is 3. The number of fused-ring (bicyclic) bond motifs is 5. The van der Waals surface area contributed by atoms with Crippen molar-refractivity contribution in [3.63, 3.8) is 0 Å². The van der Waals surface area contributed by atoms with Gasteiger partial charge in [-0.2, -0.15) is 0 Å². The summed E-state index contributed by atoms with van der Waals surface area (Å²) in [6.45, 7) is 1.88. The van der Waals surface area contributed by atoms with Crippen LogP contribution in [0.25, 0.3) is 6.08 Å².